The molecule has 0 amide bonds. The summed E-state index contributed by atoms with van der Waals surface area (Å²) in [4.78, 5) is 11.5. The summed E-state index contributed by atoms with van der Waals surface area (Å²) in [5.74, 6) is -0.447. The molecule has 0 heterocycles. The number of rotatable bonds is 9. The Morgan fingerprint density at radius 1 is 1.28 bits per heavy atom. The lowest BCUT2D eigenvalue weighted by molar-refractivity contribution is -0.139. The van der Waals surface area contributed by atoms with Crippen molar-refractivity contribution in [1.29, 1.82) is 0 Å². The topological polar surface area (TPSA) is 78.8 Å². The van der Waals surface area contributed by atoms with Crippen LogP contribution < -0.4 is 10.1 Å². The molecule has 2 rings (SSSR count). The van der Waals surface area contributed by atoms with Crippen LogP contribution in [-0.2, 0) is 24.2 Å². The Labute approximate surface area is 147 Å². The molecule has 0 saturated heterocycles. The fourth-order valence-corrected chi connectivity index (χ4v) is 2.64. The van der Waals surface area contributed by atoms with E-state index in [1.807, 2.05) is 36.4 Å². The van der Waals surface area contributed by atoms with Gasteiger partial charge < -0.3 is 20.3 Å². The van der Waals surface area contributed by atoms with Crippen molar-refractivity contribution in [3.8, 4) is 11.5 Å². The van der Waals surface area contributed by atoms with Gasteiger partial charge in [-0.25, -0.2) is 0 Å². The van der Waals surface area contributed by atoms with Gasteiger partial charge in [0.1, 0.15) is 6.04 Å². The monoisotopic (exact) mass is 341 g/mol. The first kappa shape index (κ1) is 18.5. The predicted octanol–water partition coefficient (Wildman–Crippen LogP) is 2.91. The summed E-state index contributed by atoms with van der Waals surface area (Å²) in [5, 5.41) is 22.6. The normalized spacial score (nSPS) is 11.7. The average molecular weight is 341 g/mol. The Morgan fingerprint density at radius 3 is 2.60 bits per heavy atom. The van der Waals surface area contributed by atoms with Crippen molar-refractivity contribution < 1.29 is 19.7 Å². The highest BCUT2D eigenvalue weighted by molar-refractivity contribution is 5.73. The van der Waals surface area contributed by atoms with Gasteiger partial charge in [-0.05, 0) is 30.0 Å². The number of benzene rings is 2. The quantitative estimate of drug-likeness (QED) is 0.611. The van der Waals surface area contributed by atoms with Crippen LogP contribution in [0.1, 0.15) is 16.7 Å². The minimum atomic E-state index is -0.902. The molecule has 1 atom stereocenters. The molecule has 25 heavy (non-hydrogen) atoms. The number of carbonyl (C=O) groups is 1. The van der Waals surface area contributed by atoms with Gasteiger partial charge in [0, 0.05) is 12.1 Å². The fraction of sp³-hybridized carbons (Fsp3) is 0.250. The highest BCUT2D eigenvalue weighted by Crippen LogP contribution is 2.32. The van der Waals surface area contributed by atoms with Gasteiger partial charge in [-0.15, -0.1) is 6.58 Å². The zero-order chi connectivity index (χ0) is 18.2. The summed E-state index contributed by atoms with van der Waals surface area (Å²) in [6, 6.07) is 12.3. The number of methoxy groups -OCH3 is 1. The van der Waals surface area contributed by atoms with Crippen LogP contribution >= 0.6 is 0 Å². The van der Waals surface area contributed by atoms with E-state index in [0.717, 1.165) is 11.1 Å². The number of carboxylic acids is 1. The number of carboxylic acid groups (broad SMARTS) is 1. The summed E-state index contributed by atoms with van der Waals surface area (Å²) in [7, 11) is 1.49. The Kier molecular flexibility index (Phi) is 6.60. The van der Waals surface area contributed by atoms with E-state index in [1.54, 1.807) is 12.1 Å². The molecule has 0 aliphatic rings. The zero-order valence-corrected chi connectivity index (χ0v) is 14.2. The predicted molar refractivity (Wildman–Crippen MR) is 97.0 cm³/mol. The maximum Gasteiger partial charge on any atom is 0.321 e. The molecule has 132 valence electrons. The number of nitrogens with one attached hydrogen (secondary N) is 1. The Balaban J connectivity index is 2.13. The zero-order valence-electron chi connectivity index (χ0n) is 14.2. The number of hydrogen-bond acceptors (Lipinski definition) is 4. The standard InChI is InChI=1S/C20H23NO4/c1-3-7-16-10-15(12-18(25-2)19(16)22)13-21-17(20(23)24)11-14-8-5-4-6-9-14/h3-6,8-10,12,17,21-22H,1,7,11,13H2,2H3,(H,23,24)/t17-/m1/s1. The maximum atomic E-state index is 11.5. The Morgan fingerprint density at radius 2 is 2.00 bits per heavy atom. The summed E-state index contributed by atoms with van der Waals surface area (Å²) in [6.45, 7) is 4.03. The minimum Gasteiger partial charge on any atom is -0.504 e. The number of allylic oxidation sites excluding steroid dienone is 1. The molecular formula is C20H23NO4. The van der Waals surface area contributed by atoms with E-state index in [4.69, 9.17) is 4.74 Å². The van der Waals surface area contributed by atoms with Gasteiger partial charge in [0.05, 0.1) is 7.11 Å². The van der Waals surface area contributed by atoms with E-state index in [0.29, 0.717) is 30.7 Å². The van der Waals surface area contributed by atoms with Crippen molar-refractivity contribution in [3.05, 3.63) is 71.8 Å². The highest BCUT2D eigenvalue weighted by atomic mass is 16.5. The minimum absolute atomic E-state index is 0.0882. The molecule has 2 aromatic carbocycles. The van der Waals surface area contributed by atoms with Crippen molar-refractivity contribution in [1.82, 2.24) is 5.32 Å². The number of phenols is 1. The van der Waals surface area contributed by atoms with Crippen LogP contribution in [0.3, 0.4) is 0 Å². The van der Waals surface area contributed by atoms with Gasteiger partial charge in [-0.2, -0.15) is 0 Å². The van der Waals surface area contributed by atoms with Crippen LogP contribution in [0.5, 0.6) is 11.5 Å². The van der Waals surface area contributed by atoms with Crippen LogP contribution in [0, 0.1) is 0 Å². The first-order chi connectivity index (χ1) is 12.0. The summed E-state index contributed by atoms with van der Waals surface area (Å²) < 4.78 is 5.19. The number of ether oxygens (including phenoxy) is 1. The lowest BCUT2D eigenvalue weighted by Crippen LogP contribution is -2.38. The van der Waals surface area contributed by atoms with Crippen molar-refractivity contribution in [3.63, 3.8) is 0 Å². The van der Waals surface area contributed by atoms with Crippen molar-refractivity contribution in [2.45, 2.75) is 25.4 Å². The first-order valence-corrected chi connectivity index (χ1v) is 8.05. The third-order valence-corrected chi connectivity index (χ3v) is 3.93. The molecule has 0 aromatic heterocycles. The van der Waals surface area contributed by atoms with Crippen LogP contribution in [0.4, 0.5) is 0 Å². The van der Waals surface area contributed by atoms with Crippen LogP contribution in [0.15, 0.2) is 55.1 Å². The second-order valence-corrected chi connectivity index (χ2v) is 5.76. The molecular weight excluding hydrogens is 318 g/mol. The van der Waals surface area contributed by atoms with Gasteiger partial charge in [-0.1, -0.05) is 42.5 Å². The second kappa shape index (κ2) is 8.89. The molecule has 3 N–H and O–H groups in total. The van der Waals surface area contributed by atoms with Crippen molar-refractivity contribution >= 4 is 5.97 Å². The average Bonchev–Trinajstić information content (AvgIpc) is 2.61. The molecule has 0 saturated carbocycles. The van der Waals surface area contributed by atoms with Gasteiger partial charge in [0.2, 0.25) is 0 Å². The van der Waals surface area contributed by atoms with Crippen LogP contribution in [0.2, 0.25) is 0 Å². The molecule has 0 unspecified atom stereocenters. The van der Waals surface area contributed by atoms with E-state index in [2.05, 4.69) is 11.9 Å². The van der Waals surface area contributed by atoms with E-state index in [9.17, 15) is 15.0 Å². The van der Waals surface area contributed by atoms with E-state index in [-0.39, 0.29) is 5.75 Å². The van der Waals surface area contributed by atoms with Crippen molar-refractivity contribution in [2.24, 2.45) is 0 Å². The molecule has 2 aromatic rings. The fourth-order valence-electron chi connectivity index (χ4n) is 2.64. The Bertz CT molecular complexity index is 728. The lowest BCUT2D eigenvalue weighted by Gasteiger charge is -2.16. The van der Waals surface area contributed by atoms with Crippen molar-refractivity contribution in [2.75, 3.05) is 7.11 Å². The van der Waals surface area contributed by atoms with E-state index < -0.39 is 12.0 Å². The molecule has 0 spiro atoms. The third-order valence-electron chi connectivity index (χ3n) is 3.93. The van der Waals surface area contributed by atoms with Gasteiger partial charge >= 0.3 is 5.97 Å². The third kappa shape index (κ3) is 5.09. The number of aromatic hydroxyl groups is 1. The smallest absolute Gasteiger partial charge is 0.321 e. The van der Waals surface area contributed by atoms with Gasteiger partial charge in [0.15, 0.2) is 11.5 Å². The Hall–Kier alpha value is -2.79. The van der Waals surface area contributed by atoms with E-state index >= 15 is 0 Å². The van der Waals surface area contributed by atoms with Gasteiger partial charge in [-0.3, -0.25) is 4.79 Å². The molecule has 0 aliphatic heterocycles. The van der Waals surface area contributed by atoms with Crippen LogP contribution in [0.25, 0.3) is 0 Å². The molecule has 0 fully saturated rings. The summed E-state index contributed by atoms with van der Waals surface area (Å²) >= 11 is 0. The maximum absolute atomic E-state index is 11.5. The SMILES string of the molecule is C=CCc1cc(CN[C@H](Cc2ccccc2)C(=O)O)cc(OC)c1O. The molecule has 0 aliphatic carbocycles. The lowest BCUT2D eigenvalue weighted by atomic mass is 10.0. The largest absolute Gasteiger partial charge is 0.504 e. The molecule has 0 radical (unpaired) electrons. The summed E-state index contributed by atoms with van der Waals surface area (Å²) in [5.41, 5.74) is 2.49. The summed E-state index contributed by atoms with van der Waals surface area (Å²) in [6.07, 6.45) is 2.59. The number of hydrogen-bond donors (Lipinski definition) is 3. The number of phenolic OH excluding ortho intramolecular Hbond substituents is 1. The second-order valence-electron chi connectivity index (χ2n) is 5.76. The highest BCUT2D eigenvalue weighted by Gasteiger charge is 2.18. The molecule has 0 bridgehead atoms. The van der Waals surface area contributed by atoms with Gasteiger partial charge in [0.25, 0.3) is 0 Å². The van der Waals surface area contributed by atoms with E-state index in [1.165, 1.54) is 7.11 Å². The first-order valence-electron chi connectivity index (χ1n) is 8.05. The van der Waals surface area contributed by atoms with Crippen LogP contribution in [-0.4, -0.2) is 29.3 Å². The molecule has 5 heteroatoms. The molecule has 5 nitrogen and oxygen atoms in total. The number of aliphatic carboxylic acids is 1.